The highest BCUT2D eigenvalue weighted by molar-refractivity contribution is 5.96. The summed E-state index contributed by atoms with van der Waals surface area (Å²) in [5, 5.41) is 13.9. The predicted molar refractivity (Wildman–Crippen MR) is 120 cm³/mol. The minimum Gasteiger partial charge on any atom is -0.378 e. The van der Waals surface area contributed by atoms with Crippen molar-refractivity contribution in [1.29, 1.82) is 0 Å². The largest absolute Gasteiger partial charge is 0.378 e. The van der Waals surface area contributed by atoms with Crippen molar-refractivity contribution in [3.8, 4) is 11.8 Å². The standard InChI is InChI=1S/C24H26N4O2/c1-5-28(6-2)23(29)18-8-7-9-19(15-18)27-22-20-14-17(12-13-24(3,4)30)10-11-21(20)25-16-26-22/h7-11,14-16,30H,5-6H2,1-4H3,(H,25,26,27). The van der Waals surface area contributed by atoms with Gasteiger partial charge in [-0.25, -0.2) is 9.97 Å². The van der Waals surface area contributed by atoms with E-state index in [0.29, 0.717) is 24.5 Å². The van der Waals surface area contributed by atoms with E-state index >= 15 is 0 Å². The Morgan fingerprint density at radius 1 is 1.13 bits per heavy atom. The number of benzene rings is 2. The molecule has 0 aliphatic rings. The summed E-state index contributed by atoms with van der Waals surface area (Å²) in [6.07, 6.45) is 1.50. The Hall–Kier alpha value is -3.43. The van der Waals surface area contributed by atoms with Crippen molar-refractivity contribution in [3.05, 3.63) is 59.9 Å². The molecule has 0 saturated carbocycles. The Labute approximate surface area is 177 Å². The zero-order valence-corrected chi connectivity index (χ0v) is 17.7. The Balaban J connectivity index is 1.95. The van der Waals surface area contributed by atoms with Crippen molar-refractivity contribution in [3.63, 3.8) is 0 Å². The SMILES string of the molecule is CCN(CC)C(=O)c1cccc(Nc2ncnc3ccc(C#CC(C)(C)O)cc23)c1. The highest BCUT2D eigenvalue weighted by Crippen LogP contribution is 2.24. The fourth-order valence-electron chi connectivity index (χ4n) is 3.02. The second kappa shape index (κ2) is 8.93. The predicted octanol–water partition coefficient (Wildman–Crippen LogP) is 3.98. The second-order valence-corrected chi connectivity index (χ2v) is 7.45. The molecule has 3 rings (SSSR count). The van der Waals surface area contributed by atoms with Gasteiger partial charge in [0.15, 0.2) is 0 Å². The molecule has 2 aromatic carbocycles. The number of fused-ring (bicyclic) bond motifs is 1. The number of rotatable bonds is 5. The molecule has 0 spiro atoms. The first kappa shape index (κ1) is 21.3. The van der Waals surface area contributed by atoms with Crippen LogP contribution in [-0.2, 0) is 0 Å². The topological polar surface area (TPSA) is 78.4 Å². The summed E-state index contributed by atoms with van der Waals surface area (Å²) < 4.78 is 0. The number of carbonyl (C=O) groups is 1. The third-order valence-corrected chi connectivity index (χ3v) is 4.57. The molecule has 3 aromatic rings. The molecule has 1 heterocycles. The average molecular weight is 402 g/mol. The van der Waals surface area contributed by atoms with E-state index in [0.717, 1.165) is 22.2 Å². The van der Waals surface area contributed by atoms with Gasteiger partial charge in [-0.15, -0.1) is 0 Å². The molecule has 6 nitrogen and oxygen atoms in total. The van der Waals surface area contributed by atoms with E-state index in [9.17, 15) is 9.90 Å². The molecule has 1 amide bonds. The molecule has 30 heavy (non-hydrogen) atoms. The molecule has 0 bridgehead atoms. The maximum atomic E-state index is 12.7. The zero-order chi connectivity index (χ0) is 21.7. The molecule has 6 heteroatoms. The van der Waals surface area contributed by atoms with Gasteiger partial charge in [0.25, 0.3) is 5.91 Å². The first-order valence-electron chi connectivity index (χ1n) is 9.97. The van der Waals surface area contributed by atoms with Crippen molar-refractivity contribution < 1.29 is 9.90 Å². The van der Waals surface area contributed by atoms with Crippen molar-refractivity contribution in [2.75, 3.05) is 18.4 Å². The lowest BCUT2D eigenvalue weighted by Gasteiger charge is -2.19. The highest BCUT2D eigenvalue weighted by Gasteiger charge is 2.13. The fraction of sp³-hybridized carbons (Fsp3) is 0.292. The number of aromatic nitrogens is 2. The summed E-state index contributed by atoms with van der Waals surface area (Å²) in [6.45, 7) is 8.55. The van der Waals surface area contributed by atoms with Crippen LogP contribution in [0.4, 0.5) is 11.5 Å². The van der Waals surface area contributed by atoms with Gasteiger partial charge in [-0.1, -0.05) is 17.9 Å². The first-order chi connectivity index (χ1) is 14.3. The summed E-state index contributed by atoms with van der Waals surface area (Å²) in [5.74, 6) is 6.42. The third kappa shape index (κ3) is 5.13. The Morgan fingerprint density at radius 3 is 2.60 bits per heavy atom. The summed E-state index contributed by atoms with van der Waals surface area (Å²) >= 11 is 0. The molecule has 0 radical (unpaired) electrons. The monoisotopic (exact) mass is 402 g/mol. The van der Waals surface area contributed by atoms with Crippen molar-refractivity contribution in [2.24, 2.45) is 0 Å². The smallest absolute Gasteiger partial charge is 0.253 e. The number of nitrogens with zero attached hydrogens (tertiary/aromatic N) is 3. The Kier molecular flexibility index (Phi) is 6.34. The van der Waals surface area contributed by atoms with Gasteiger partial charge in [0.05, 0.1) is 5.52 Å². The van der Waals surface area contributed by atoms with Crippen LogP contribution in [0, 0.1) is 11.8 Å². The van der Waals surface area contributed by atoms with Gasteiger partial charge >= 0.3 is 0 Å². The van der Waals surface area contributed by atoms with Crippen molar-refractivity contribution in [2.45, 2.75) is 33.3 Å². The van der Waals surface area contributed by atoms with Crippen LogP contribution in [0.2, 0.25) is 0 Å². The molecular weight excluding hydrogens is 376 g/mol. The lowest BCUT2D eigenvalue weighted by molar-refractivity contribution is 0.0773. The van der Waals surface area contributed by atoms with Crippen LogP contribution in [-0.4, -0.2) is 44.6 Å². The van der Waals surface area contributed by atoms with E-state index < -0.39 is 5.60 Å². The molecule has 2 N–H and O–H groups in total. The van der Waals surface area contributed by atoms with Crippen LogP contribution in [0.15, 0.2) is 48.8 Å². The van der Waals surface area contributed by atoms with Gasteiger partial charge in [-0.2, -0.15) is 0 Å². The van der Waals surface area contributed by atoms with Crippen molar-refractivity contribution in [1.82, 2.24) is 14.9 Å². The van der Waals surface area contributed by atoms with Crippen LogP contribution in [0.1, 0.15) is 43.6 Å². The van der Waals surface area contributed by atoms with E-state index in [-0.39, 0.29) is 5.91 Å². The second-order valence-electron chi connectivity index (χ2n) is 7.45. The van der Waals surface area contributed by atoms with E-state index in [2.05, 4.69) is 27.1 Å². The average Bonchev–Trinajstić information content (AvgIpc) is 2.73. The van der Waals surface area contributed by atoms with Gasteiger partial charge in [0, 0.05) is 35.3 Å². The zero-order valence-electron chi connectivity index (χ0n) is 17.7. The summed E-state index contributed by atoms with van der Waals surface area (Å²) in [5.41, 5.74) is 1.85. The minimum atomic E-state index is -1.07. The Bertz CT molecular complexity index is 1120. The number of carbonyl (C=O) groups excluding carboxylic acids is 1. The van der Waals surface area contributed by atoms with E-state index in [4.69, 9.17) is 0 Å². The Morgan fingerprint density at radius 2 is 1.90 bits per heavy atom. The van der Waals surface area contributed by atoms with E-state index in [1.165, 1.54) is 6.33 Å². The lowest BCUT2D eigenvalue weighted by Crippen LogP contribution is -2.30. The van der Waals surface area contributed by atoms with Crippen LogP contribution in [0.3, 0.4) is 0 Å². The molecular formula is C24H26N4O2. The summed E-state index contributed by atoms with van der Waals surface area (Å²) in [6, 6.07) is 13.0. The van der Waals surface area contributed by atoms with Gasteiger partial charge < -0.3 is 15.3 Å². The van der Waals surface area contributed by atoms with Gasteiger partial charge in [0.2, 0.25) is 0 Å². The third-order valence-electron chi connectivity index (χ3n) is 4.57. The van der Waals surface area contributed by atoms with Crippen LogP contribution < -0.4 is 5.32 Å². The fourth-order valence-corrected chi connectivity index (χ4v) is 3.02. The van der Waals surface area contributed by atoms with Crippen LogP contribution in [0.25, 0.3) is 10.9 Å². The molecule has 154 valence electrons. The van der Waals surface area contributed by atoms with Gasteiger partial charge in [0.1, 0.15) is 17.7 Å². The van der Waals surface area contributed by atoms with Crippen LogP contribution in [0.5, 0.6) is 0 Å². The van der Waals surface area contributed by atoms with Gasteiger partial charge in [-0.3, -0.25) is 4.79 Å². The minimum absolute atomic E-state index is 0.000347. The molecule has 0 fully saturated rings. The number of nitrogens with one attached hydrogen (secondary N) is 1. The lowest BCUT2D eigenvalue weighted by atomic mass is 10.1. The van der Waals surface area contributed by atoms with E-state index in [1.807, 2.05) is 56.3 Å². The molecule has 0 unspecified atom stereocenters. The summed E-state index contributed by atoms with van der Waals surface area (Å²) in [7, 11) is 0. The van der Waals surface area contributed by atoms with Crippen molar-refractivity contribution >= 4 is 28.3 Å². The maximum absolute atomic E-state index is 12.7. The highest BCUT2D eigenvalue weighted by atomic mass is 16.3. The van der Waals surface area contributed by atoms with Crippen LogP contribution >= 0.6 is 0 Å². The number of anilines is 2. The molecule has 1 aromatic heterocycles. The first-order valence-corrected chi connectivity index (χ1v) is 9.97. The molecule has 0 aliphatic heterocycles. The van der Waals surface area contributed by atoms with Gasteiger partial charge in [-0.05, 0) is 64.1 Å². The summed E-state index contributed by atoms with van der Waals surface area (Å²) in [4.78, 5) is 23.1. The normalized spacial score (nSPS) is 11.0. The molecule has 0 aliphatic carbocycles. The van der Waals surface area contributed by atoms with E-state index in [1.54, 1.807) is 18.7 Å². The maximum Gasteiger partial charge on any atom is 0.253 e. The quantitative estimate of drug-likeness (QED) is 0.631. The number of hydrogen-bond acceptors (Lipinski definition) is 5. The number of hydrogen-bond donors (Lipinski definition) is 2. The number of aliphatic hydroxyl groups is 1. The number of amides is 1. The molecule has 0 saturated heterocycles. The molecule has 0 atom stereocenters.